The fourth-order valence-electron chi connectivity index (χ4n) is 3.22. The summed E-state index contributed by atoms with van der Waals surface area (Å²) < 4.78 is 2.39. The van der Waals surface area contributed by atoms with Crippen LogP contribution in [0.15, 0.2) is 48.5 Å². The Kier molecular flexibility index (Phi) is 4.65. The van der Waals surface area contributed by atoms with Gasteiger partial charge in [0, 0.05) is 26.4 Å². The minimum absolute atomic E-state index is 0.0967. The molecule has 2 heterocycles. The molecule has 0 spiro atoms. The third-order valence-corrected chi connectivity index (χ3v) is 5.30. The summed E-state index contributed by atoms with van der Waals surface area (Å²) >= 11 is 8.27. The summed E-state index contributed by atoms with van der Waals surface area (Å²) in [7, 11) is 0. The molecule has 0 fully saturated rings. The number of hydrogen-bond donors (Lipinski definition) is 1. The Labute approximate surface area is 173 Å². The van der Waals surface area contributed by atoms with Crippen LogP contribution in [0, 0.1) is 3.57 Å². The molecular formula is C19H13ClIN3O3. The number of hydrogen-bond acceptors (Lipinski definition) is 3. The Bertz CT molecular complexity index is 1080. The molecule has 4 rings (SSSR count). The molecule has 8 heteroatoms. The molecule has 0 radical (unpaired) electrons. The van der Waals surface area contributed by atoms with Crippen molar-refractivity contribution in [2.24, 2.45) is 0 Å². The van der Waals surface area contributed by atoms with Gasteiger partial charge in [-0.15, -0.1) is 0 Å². The maximum absolute atomic E-state index is 13.3. The number of anilines is 1. The first-order valence-corrected chi connectivity index (χ1v) is 9.60. The van der Waals surface area contributed by atoms with Crippen molar-refractivity contribution in [3.8, 4) is 5.69 Å². The molecule has 6 nitrogen and oxygen atoms in total. The van der Waals surface area contributed by atoms with E-state index in [0.29, 0.717) is 29.2 Å². The van der Waals surface area contributed by atoms with Gasteiger partial charge in [-0.3, -0.25) is 4.79 Å². The normalized spacial score (nSPS) is 13.6. The zero-order chi connectivity index (χ0) is 19.1. The lowest BCUT2D eigenvalue weighted by Gasteiger charge is -2.27. The van der Waals surface area contributed by atoms with Gasteiger partial charge in [0.15, 0.2) is 5.69 Å². The number of aromatic carboxylic acids is 1. The monoisotopic (exact) mass is 493 g/mol. The van der Waals surface area contributed by atoms with Crippen molar-refractivity contribution in [3.05, 3.63) is 74.1 Å². The Hall–Kier alpha value is -2.39. The van der Waals surface area contributed by atoms with E-state index in [9.17, 15) is 14.7 Å². The maximum Gasteiger partial charge on any atom is 0.356 e. The number of carbonyl (C=O) groups is 2. The van der Waals surface area contributed by atoms with Crippen molar-refractivity contribution >= 4 is 51.8 Å². The van der Waals surface area contributed by atoms with Crippen molar-refractivity contribution < 1.29 is 14.7 Å². The Morgan fingerprint density at radius 2 is 1.89 bits per heavy atom. The summed E-state index contributed by atoms with van der Waals surface area (Å²) in [6.07, 6.45) is 0.411. The van der Waals surface area contributed by atoms with Crippen LogP contribution in [-0.2, 0) is 6.42 Å². The fraction of sp³-hybridized carbons (Fsp3) is 0.105. The fourth-order valence-corrected chi connectivity index (χ4v) is 3.93. The van der Waals surface area contributed by atoms with Crippen LogP contribution >= 0.6 is 34.2 Å². The summed E-state index contributed by atoms with van der Waals surface area (Å²) in [6.45, 7) is 0.396. The summed E-state index contributed by atoms with van der Waals surface area (Å²) in [5.41, 5.74) is 1.94. The van der Waals surface area contributed by atoms with E-state index in [1.165, 1.54) is 4.68 Å². The van der Waals surface area contributed by atoms with E-state index in [-0.39, 0.29) is 17.3 Å². The van der Waals surface area contributed by atoms with E-state index < -0.39 is 5.97 Å². The van der Waals surface area contributed by atoms with Crippen LogP contribution in [0.25, 0.3) is 5.69 Å². The second-order valence-corrected chi connectivity index (χ2v) is 7.74. The average molecular weight is 494 g/mol. The molecule has 1 aliphatic rings. The van der Waals surface area contributed by atoms with Gasteiger partial charge in [0.25, 0.3) is 5.91 Å². The highest BCUT2D eigenvalue weighted by atomic mass is 127. The molecular weight excluding hydrogens is 481 g/mol. The van der Waals surface area contributed by atoms with Crippen molar-refractivity contribution in [2.75, 3.05) is 11.4 Å². The lowest BCUT2D eigenvalue weighted by Crippen LogP contribution is -2.39. The zero-order valence-electron chi connectivity index (χ0n) is 13.9. The van der Waals surface area contributed by atoms with Gasteiger partial charge >= 0.3 is 5.97 Å². The number of nitrogens with zero attached hydrogens (tertiary/aromatic N) is 3. The molecule has 0 aliphatic carbocycles. The van der Waals surface area contributed by atoms with Gasteiger partial charge in [-0.25, -0.2) is 9.48 Å². The molecule has 0 bridgehead atoms. The topological polar surface area (TPSA) is 75.4 Å². The van der Waals surface area contributed by atoms with E-state index >= 15 is 0 Å². The molecule has 0 atom stereocenters. The highest BCUT2D eigenvalue weighted by Gasteiger charge is 2.35. The van der Waals surface area contributed by atoms with Gasteiger partial charge in [0.05, 0.1) is 5.69 Å². The first-order valence-electron chi connectivity index (χ1n) is 8.14. The average Bonchev–Trinajstić information content (AvgIpc) is 3.03. The third-order valence-electron chi connectivity index (χ3n) is 4.39. The highest BCUT2D eigenvalue weighted by molar-refractivity contribution is 14.1. The quantitative estimate of drug-likeness (QED) is 0.559. The lowest BCUT2D eigenvalue weighted by molar-refractivity contribution is 0.0688. The summed E-state index contributed by atoms with van der Waals surface area (Å²) in [6, 6.07) is 14.4. The Morgan fingerprint density at radius 1 is 1.15 bits per heavy atom. The minimum Gasteiger partial charge on any atom is -0.476 e. The van der Waals surface area contributed by atoms with Crippen LogP contribution in [0.1, 0.15) is 26.5 Å². The number of halogens is 2. The van der Waals surface area contributed by atoms with Crippen LogP contribution in [0.3, 0.4) is 0 Å². The zero-order valence-corrected chi connectivity index (χ0v) is 16.8. The lowest BCUT2D eigenvalue weighted by atomic mass is 10.0. The first-order chi connectivity index (χ1) is 13.0. The number of carboxylic acid groups (broad SMARTS) is 1. The SMILES string of the molecule is O=C(O)c1nn(-c2cccc(Cl)c2)c2c1CCN(c1cccc(I)c1)C2=O. The highest BCUT2D eigenvalue weighted by Crippen LogP contribution is 2.30. The predicted octanol–water partition coefficient (Wildman–Crippen LogP) is 4.03. The van der Waals surface area contributed by atoms with E-state index in [1.807, 2.05) is 24.3 Å². The van der Waals surface area contributed by atoms with E-state index in [2.05, 4.69) is 27.7 Å². The number of aromatic nitrogens is 2. The molecule has 1 amide bonds. The van der Waals surface area contributed by atoms with Crippen LogP contribution in [-0.4, -0.2) is 33.3 Å². The van der Waals surface area contributed by atoms with Crippen LogP contribution in [0.4, 0.5) is 5.69 Å². The number of fused-ring (bicyclic) bond motifs is 1. The first kappa shape index (κ1) is 18.0. The molecule has 0 unspecified atom stereocenters. The van der Waals surface area contributed by atoms with E-state index in [1.54, 1.807) is 29.2 Å². The van der Waals surface area contributed by atoms with E-state index in [4.69, 9.17) is 11.6 Å². The smallest absolute Gasteiger partial charge is 0.356 e. The van der Waals surface area contributed by atoms with Crippen LogP contribution in [0.5, 0.6) is 0 Å². The molecule has 0 saturated carbocycles. The standard InChI is InChI=1S/C19H13ClIN3O3/c20-11-3-1-6-14(9-11)24-17-15(16(22-24)19(26)27)7-8-23(18(17)25)13-5-2-4-12(21)10-13/h1-6,9-10H,7-8H2,(H,26,27). The second-order valence-electron chi connectivity index (χ2n) is 6.06. The van der Waals surface area contributed by atoms with Crippen molar-refractivity contribution in [1.82, 2.24) is 9.78 Å². The molecule has 27 heavy (non-hydrogen) atoms. The largest absolute Gasteiger partial charge is 0.476 e. The molecule has 1 N–H and O–H groups in total. The number of benzene rings is 2. The molecule has 0 saturated heterocycles. The molecule has 2 aromatic carbocycles. The summed E-state index contributed by atoms with van der Waals surface area (Å²) in [5.74, 6) is -1.43. The second kappa shape index (κ2) is 6.97. The Balaban J connectivity index is 1.88. The van der Waals surface area contributed by atoms with Crippen molar-refractivity contribution in [3.63, 3.8) is 0 Å². The molecule has 1 aromatic heterocycles. The Morgan fingerprint density at radius 3 is 2.59 bits per heavy atom. The van der Waals surface area contributed by atoms with Gasteiger partial charge in [0.2, 0.25) is 0 Å². The van der Waals surface area contributed by atoms with Crippen molar-refractivity contribution in [1.29, 1.82) is 0 Å². The van der Waals surface area contributed by atoms with Gasteiger partial charge < -0.3 is 10.0 Å². The molecule has 136 valence electrons. The number of rotatable bonds is 3. The van der Waals surface area contributed by atoms with Gasteiger partial charge in [-0.2, -0.15) is 5.10 Å². The predicted molar refractivity (Wildman–Crippen MR) is 110 cm³/mol. The molecule has 1 aliphatic heterocycles. The number of carboxylic acids is 1. The van der Waals surface area contributed by atoms with Crippen molar-refractivity contribution in [2.45, 2.75) is 6.42 Å². The minimum atomic E-state index is -1.15. The van der Waals surface area contributed by atoms with E-state index in [0.717, 1.165) is 9.26 Å². The van der Waals surface area contributed by atoms with Crippen LogP contribution in [0.2, 0.25) is 5.02 Å². The maximum atomic E-state index is 13.3. The number of carbonyl (C=O) groups excluding carboxylic acids is 1. The van der Waals surface area contributed by atoms with Gasteiger partial charge in [-0.05, 0) is 65.4 Å². The number of amides is 1. The third kappa shape index (κ3) is 3.21. The van der Waals surface area contributed by atoms with Crippen LogP contribution < -0.4 is 4.90 Å². The molecule has 3 aromatic rings. The summed E-state index contributed by atoms with van der Waals surface area (Å²) in [5, 5.41) is 14.2. The van der Waals surface area contributed by atoms with Gasteiger partial charge in [-0.1, -0.05) is 23.7 Å². The van der Waals surface area contributed by atoms with Gasteiger partial charge in [0.1, 0.15) is 5.69 Å². The summed E-state index contributed by atoms with van der Waals surface area (Å²) in [4.78, 5) is 26.6.